The van der Waals surface area contributed by atoms with Gasteiger partial charge in [-0.25, -0.2) is 9.13 Å². The monoisotopic (exact) mass is 490 g/mol. The van der Waals surface area contributed by atoms with Crippen molar-refractivity contribution in [3.8, 4) is 0 Å². The highest BCUT2D eigenvalue weighted by molar-refractivity contribution is 7.46. The van der Waals surface area contributed by atoms with E-state index in [2.05, 4.69) is 22.9 Å². The first-order valence-corrected chi connectivity index (χ1v) is 15.1. The standard InChI is InChI=1S/C11H25O4P.C10H23O4P/c1-2-3-4-5-6-7-8-9-10-11-15-16(12,13)14;1-2-3-4-5-6-7-8-9-10-14-15(11,12)13/h2-11H2,1H3,(H2,12,13,14);2-10H2,1H3,(H2,11,12,13). The quantitative estimate of drug-likeness (QED) is 0.101. The average molecular weight is 491 g/mol. The molecule has 0 saturated heterocycles. The highest BCUT2D eigenvalue weighted by Gasteiger charge is 2.12. The summed E-state index contributed by atoms with van der Waals surface area (Å²) >= 11 is 0. The first-order chi connectivity index (χ1) is 14.6. The summed E-state index contributed by atoms with van der Waals surface area (Å²) in [6, 6.07) is 0. The van der Waals surface area contributed by atoms with Crippen molar-refractivity contribution in [1.29, 1.82) is 0 Å². The molecule has 0 bridgehead atoms. The molecule has 0 heterocycles. The van der Waals surface area contributed by atoms with Crippen LogP contribution in [0.25, 0.3) is 0 Å². The molecule has 10 heteroatoms. The van der Waals surface area contributed by atoms with Crippen LogP contribution in [-0.2, 0) is 18.2 Å². The third-order valence-electron chi connectivity index (χ3n) is 4.76. The van der Waals surface area contributed by atoms with E-state index in [9.17, 15) is 9.13 Å². The summed E-state index contributed by atoms with van der Waals surface area (Å²) in [6.45, 7) is 4.74. The molecule has 0 aliphatic carbocycles. The second-order valence-electron chi connectivity index (χ2n) is 7.95. The van der Waals surface area contributed by atoms with E-state index in [0.717, 1.165) is 38.5 Å². The van der Waals surface area contributed by atoms with Gasteiger partial charge in [0.15, 0.2) is 0 Å². The van der Waals surface area contributed by atoms with Crippen molar-refractivity contribution in [2.24, 2.45) is 0 Å². The number of phosphoric acid groups is 2. The molecule has 0 fully saturated rings. The molecule has 0 aromatic carbocycles. The molecular weight excluding hydrogens is 442 g/mol. The first-order valence-electron chi connectivity index (χ1n) is 12.0. The fourth-order valence-corrected chi connectivity index (χ4v) is 3.75. The van der Waals surface area contributed by atoms with E-state index in [0.29, 0.717) is 0 Å². The number of phosphoric ester groups is 2. The van der Waals surface area contributed by atoms with Crippen molar-refractivity contribution in [2.45, 2.75) is 123 Å². The highest BCUT2D eigenvalue weighted by atomic mass is 31.2. The van der Waals surface area contributed by atoms with E-state index in [-0.39, 0.29) is 13.2 Å². The zero-order valence-corrected chi connectivity index (χ0v) is 21.5. The van der Waals surface area contributed by atoms with Crippen LogP contribution in [0.2, 0.25) is 0 Å². The third kappa shape index (κ3) is 37.8. The Morgan fingerprint density at radius 2 is 0.677 bits per heavy atom. The smallest absolute Gasteiger partial charge is 0.303 e. The SMILES string of the molecule is CCCCCCCCCCCOP(=O)(O)O.CCCCCCCCCCOP(=O)(O)O. The second-order valence-corrected chi connectivity index (χ2v) is 10.4. The summed E-state index contributed by atoms with van der Waals surface area (Å²) in [5, 5.41) is 0. The predicted octanol–water partition coefficient (Wildman–Crippen LogP) is 6.86. The minimum atomic E-state index is -4.24. The maximum absolute atomic E-state index is 10.3. The first kappa shape index (κ1) is 33.4. The molecule has 190 valence electrons. The molecule has 0 spiro atoms. The number of rotatable bonds is 21. The zero-order valence-electron chi connectivity index (χ0n) is 19.8. The van der Waals surface area contributed by atoms with Gasteiger partial charge in [-0.2, -0.15) is 0 Å². The lowest BCUT2D eigenvalue weighted by Crippen LogP contribution is -1.92. The molecule has 8 nitrogen and oxygen atoms in total. The van der Waals surface area contributed by atoms with Crippen LogP contribution >= 0.6 is 15.6 Å². The Morgan fingerprint density at radius 3 is 0.903 bits per heavy atom. The molecule has 0 saturated carbocycles. The summed E-state index contributed by atoms with van der Waals surface area (Å²) in [5.74, 6) is 0. The van der Waals surface area contributed by atoms with Crippen molar-refractivity contribution in [1.82, 2.24) is 0 Å². The van der Waals surface area contributed by atoms with Gasteiger partial charge in [-0.3, -0.25) is 9.05 Å². The molecule has 0 amide bonds. The largest absolute Gasteiger partial charge is 0.469 e. The van der Waals surface area contributed by atoms with Crippen molar-refractivity contribution >= 4 is 15.6 Å². The lowest BCUT2D eigenvalue weighted by molar-refractivity contribution is 0.191. The lowest BCUT2D eigenvalue weighted by Gasteiger charge is -2.04. The Bertz CT molecular complexity index is 451. The topological polar surface area (TPSA) is 134 Å². The van der Waals surface area contributed by atoms with Crippen LogP contribution < -0.4 is 0 Å². The van der Waals surface area contributed by atoms with Gasteiger partial charge in [-0.05, 0) is 12.8 Å². The van der Waals surface area contributed by atoms with Gasteiger partial charge in [0.05, 0.1) is 13.2 Å². The van der Waals surface area contributed by atoms with Crippen LogP contribution in [0, 0.1) is 0 Å². The summed E-state index contributed by atoms with van der Waals surface area (Å²) in [7, 11) is -8.48. The van der Waals surface area contributed by atoms with Crippen LogP contribution in [0.15, 0.2) is 0 Å². The Morgan fingerprint density at radius 1 is 0.452 bits per heavy atom. The number of hydrogen-bond acceptors (Lipinski definition) is 4. The Balaban J connectivity index is 0. The molecule has 0 aliphatic rings. The fourth-order valence-electron chi connectivity index (χ4n) is 3.02. The molecule has 0 unspecified atom stereocenters. The van der Waals surface area contributed by atoms with Crippen LogP contribution in [0.1, 0.15) is 123 Å². The maximum atomic E-state index is 10.3. The Hall–Kier alpha value is 0.220. The van der Waals surface area contributed by atoms with Crippen LogP contribution in [-0.4, -0.2) is 32.8 Å². The van der Waals surface area contributed by atoms with E-state index in [1.54, 1.807) is 0 Å². The van der Waals surface area contributed by atoms with Crippen LogP contribution in [0.4, 0.5) is 0 Å². The summed E-state index contributed by atoms with van der Waals surface area (Å²) in [5.41, 5.74) is 0. The van der Waals surface area contributed by atoms with Crippen molar-refractivity contribution in [3.63, 3.8) is 0 Å². The number of hydrogen-bond donors (Lipinski definition) is 4. The minimum absolute atomic E-state index is 0.166. The minimum Gasteiger partial charge on any atom is -0.303 e. The maximum Gasteiger partial charge on any atom is 0.469 e. The van der Waals surface area contributed by atoms with Crippen LogP contribution in [0.3, 0.4) is 0 Å². The Labute approximate surface area is 190 Å². The number of unbranched alkanes of at least 4 members (excludes halogenated alkanes) is 15. The van der Waals surface area contributed by atoms with Gasteiger partial charge >= 0.3 is 15.6 Å². The molecule has 31 heavy (non-hydrogen) atoms. The van der Waals surface area contributed by atoms with E-state index in [1.807, 2.05) is 0 Å². The average Bonchev–Trinajstić information content (AvgIpc) is 2.67. The van der Waals surface area contributed by atoms with Gasteiger partial charge in [-0.1, -0.05) is 110 Å². The van der Waals surface area contributed by atoms with Gasteiger partial charge in [0.25, 0.3) is 0 Å². The molecule has 4 N–H and O–H groups in total. The fraction of sp³-hybridized carbons (Fsp3) is 1.00. The van der Waals surface area contributed by atoms with Gasteiger partial charge < -0.3 is 19.6 Å². The van der Waals surface area contributed by atoms with Gasteiger partial charge in [0, 0.05) is 0 Å². The van der Waals surface area contributed by atoms with E-state index >= 15 is 0 Å². The summed E-state index contributed by atoms with van der Waals surface area (Å²) < 4.78 is 29.3. The normalized spacial score (nSPS) is 11.9. The van der Waals surface area contributed by atoms with E-state index in [1.165, 1.54) is 70.6 Å². The lowest BCUT2D eigenvalue weighted by atomic mass is 10.1. The van der Waals surface area contributed by atoms with Gasteiger partial charge in [-0.15, -0.1) is 0 Å². The van der Waals surface area contributed by atoms with Crippen LogP contribution in [0.5, 0.6) is 0 Å². The van der Waals surface area contributed by atoms with Gasteiger partial charge in [0.1, 0.15) is 0 Å². The molecule has 0 rings (SSSR count). The van der Waals surface area contributed by atoms with Crippen molar-refractivity contribution in [2.75, 3.05) is 13.2 Å². The Kier molecular flexibility index (Phi) is 25.2. The molecule has 0 radical (unpaired) electrons. The predicted molar refractivity (Wildman–Crippen MR) is 126 cm³/mol. The third-order valence-corrected chi connectivity index (χ3v) is 5.80. The molecule has 0 aromatic rings. The van der Waals surface area contributed by atoms with Crippen molar-refractivity contribution < 1.29 is 37.8 Å². The highest BCUT2D eigenvalue weighted by Crippen LogP contribution is 2.36. The molecule has 0 aromatic heterocycles. The summed E-state index contributed by atoms with van der Waals surface area (Å²) in [4.78, 5) is 33.7. The molecule has 0 aliphatic heterocycles. The summed E-state index contributed by atoms with van der Waals surface area (Å²) in [6.07, 6.45) is 19.8. The second kappa shape index (κ2) is 23.4. The van der Waals surface area contributed by atoms with E-state index in [4.69, 9.17) is 19.6 Å². The molecule has 0 atom stereocenters. The zero-order chi connectivity index (χ0) is 23.8. The molecular formula is C21H48O8P2. The van der Waals surface area contributed by atoms with Gasteiger partial charge in [0.2, 0.25) is 0 Å². The van der Waals surface area contributed by atoms with E-state index < -0.39 is 15.6 Å². The van der Waals surface area contributed by atoms with Crippen molar-refractivity contribution in [3.05, 3.63) is 0 Å².